The lowest BCUT2D eigenvalue weighted by atomic mass is 9.97. The Labute approximate surface area is 132 Å². The molecule has 1 unspecified atom stereocenters. The molecule has 3 rings (SSSR count). The van der Waals surface area contributed by atoms with E-state index in [4.69, 9.17) is 5.11 Å². The normalized spacial score (nSPS) is 25.2. The average Bonchev–Trinajstić information content (AvgIpc) is 2.90. The molecule has 1 saturated heterocycles. The van der Waals surface area contributed by atoms with Crippen LogP contribution in [0.1, 0.15) is 17.5 Å². The number of nitrogens with zero attached hydrogens (tertiary/aromatic N) is 2. The van der Waals surface area contributed by atoms with Crippen LogP contribution in [-0.2, 0) is 28.1 Å². The quantitative estimate of drug-likeness (QED) is 0.895. The number of hydrogen-bond donors (Lipinski definition) is 1. The first kappa shape index (κ1) is 16.3. The highest BCUT2D eigenvalue weighted by Gasteiger charge is 2.48. The fourth-order valence-electron chi connectivity index (χ4n) is 3.03. The largest absolute Gasteiger partial charge is 0.481 e. The van der Waals surface area contributed by atoms with Crippen LogP contribution in [0.5, 0.6) is 0 Å². The molecule has 0 bridgehead atoms. The average molecular weight is 346 g/mol. The summed E-state index contributed by atoms with van der Waals surface area (Å²) in [6.07, 6.45) is -0.839. The summed E-state index contributed by atoms with van der Waals surface area (Å²) in [6.45, 7) is -1.19. The zero-order valence-corrected chi connectivity index (χ0v) is 13.0. The molecular formula is C14H16F2N2O4S. The monoisotopic (exact) mass is 346 g/mol. The van der Waals surface area contributed by atoms with E-state index in [0.717, 1.165) is 15.4 Å². The molecule has 2 heterocycles. The fraction of sp³-hybridized carbons (Fsp3) is 0.500. The molecule has 1 atom stereocenters. The molecule has 1 aromatic rings. The van der Waals surface area contributed by atoms with Gasteiger partial charge < -0.3 is 5.11 Å². The number of fused-ring (bicyclic) bond motifs is 1. The number of halogens is 2. The smallest absolute Gasteiger partial charge is 0.308 e. The molecule has 0 radical (unpaired) electrons. The zero-order chi connectivity index (χ0) is 16.8. The van der Waals surface area contributed by atoms with Gasteiger partial charge in [-0.15, -0.1) is 0 Å². The zero-order valence-electron chi connectivity index (χ0n) is 12.2. The molecule has 9 heteroatoms. The van der Waals surface area contributed by atoms with Gasteiger partial charge in [0.05, 0.1) is 12.5 Å². The van der Waals surface area contributed by atoms with Gasteiger partial charge >= 0.3 is 5.97 Å². The van der Waals surface area contributed by atoms with Crippen LogP contribution in [0.15, 0.2) is 24.3 Å². The number of alkyl halides is 2. The van der Waals surface area contributed by atoms with Crippen molar-refractivity contribution in [3.8, 4) is 0 Å². The lowest BCUT2D eigenvalue weighted by Crippen LogP contribution is -2.54. The summed E-state index contributed by atoms with van der Waals surface area (Å²) in [6, 6.07) is 7.14. The van der Waals surface area contributed by atoms with E-state index in [2.05, 4.69) is 0 Å². The molecule has 126 valence electrons. The number of rotatable bonds is 3. The Morgan fingerprint density at radius 1 is 1.17 bits per heavy atom. The third kappa shape index (κ3) is 3.08. The van der Waals surface area contributed by atoms with Gasteiger partial charge in [-0.05, 0) is 11.1 Å². The summed E-state index contributed by atoms with van der Waals surface area (Å²) < 4.78 is 54.5. The number of carboxylic acids is 1. The minimum atomic E-state index is -4.14. The van der Waals surface area contributed by atoms with E-state index in [1.807, 2.05) is 0 Å². The predicted octanol–water partition coefficient (Wildman–Crippen LogP) is 1.29. The molecule has 1 aromatic carbocycles. The van der Waals surface area contributed by atoms with Crippen LogP contribution < -0.4 is 0 Å². The Kier molecular flexibility index (Phi) is 3.89. The van der Waals surface area contributed by atoms with Gasteiger partial charge in [-0.3, -0.25) is 4.79 Å². The maximum absolute atomic E-state index is 13.8. The number of carboxylic acid groups (broad SMARTS) is 1. The summed E-state index contributed by atoms with van der Waals surface area (Å²) >= 11 is 0. The minimum absolute atomic E-state index is 0.109. The third-order valence-electron chi connectivity index (χ3n) is 4.19. The van der Waals surface area contributed by atoms with Crippen LogP contribution in [0.2, 0.25) is 0 Å². The first-order valence-corrected chi connectivity index (χ1v) is 8.51. The molecule has 0 spiro atoms. The Bertz CT molecular complexity index is 713. The van der Waals surface area contributed by atoms with E-state index >= 15 is 0 Å². The predicted molar refractivity (Wildman–Crippen MR) is 76.9 cm³/mol. The molecular weight excluding hydrogens is 330 g/mol. The Morgan fingerprint density at radius 2 is 1.74 bits per heavy atom. The van der Waals surface area contributed by atoms with Crippen LogP contribution in [0.4, 0.5) is 8.78 Å². The molecule has 6 nitrogen and oxygen atoms in total. The molecule has 23 heavy (non-hydrogen) atoms. The second-order valence-electron chi connectivity index (χ2n) is 5.93. The van der Waals surface area contributed by atoms with Crippen molar-refractivity contribution < 1.29 is 27.1 Å². The lowest BCUT2D eigenvalue weighted by Gasteiger charge is -2.36. The van der Waals surface area contributed by atoms with E-state index in [0.29, 0.717) is 4.31 Å². The number of hydrogen-bond acceptors (Lipinski definition) is 3. The molecule has 0 aromatic heterocycles. The van der Waals surface area contributed by atoms with Crippen LogP contribution >= 0.6 is 0 Å². The van der Waals surface area contributed by atoms with Crippen molar-refractivity contribution in [1.82, 2.24) is 8.61 Å². The lowest BCUT2D eigenvalue weighted by molar-refractivity contribution is -0.150. The van der Waals surface area contributed by atoms with Crippen molar-refractivity contribution >= 4 is 16.2 Å². The molecule has 1 N–H and O–H groups in total. The topological polar surface area (TPSA) is 77.9 Å². The van der Waals surface area contributed by atoms with Crippen LogP contribution in [-0.4, -0.2) is 47.1 Å². The van der Waals surface area contributed by atoms with Crippen LogP contribution in [0, 0.1) is 5.92 Å². The second kappa shape index (κ2) is 5.50. The maximum atomic E-state index is 13.8. The van der Waals surface area contributed by atoms with E-state index in [9.17, 15) is 22.0 Å². The van der Waals surface area contributed by atoms with Gasteiger partial charge in [0.2, 0.25) is 0 Å². The summed E-state index contributed by atoms with van der Waals surface area (Å²) in [7, 11) is -4.14. The summed E-state index contributed by atoms with van der Waals surface area (Å²) in [4.78, 5) is 11.0. The standard InChI is InChI=1S/C14H16F2N2O4S/c15-14(16)5-12(13(19)20)8-18(9-14)23(21,22)17-6-10-3-1-2-4-11(10)7-17/h1-4,12H,5-9H2,(H,19,20). The van der Waals surface area contributed by atoms with Gasteiger partial charge in [-0.2, -0.15) is 17.0 Å². The molecule has 2 aliphatic rings. The summed E-state index contributed by atoms with van der Waals surface area (Å²) in [5, 5.41) is 8.99. The van der Waals surface area contributed by atoms with Gasteiger partial charge in [0.1, 0.15) is 0 Å². The van der Waals surface area contributed by atoms with E-state index in [1.54, 1.807) is 24.3 Å². The highest BCUT2D eigenvalue weighted by molar-refractivity contribution is 7.86. The van der Waals surface area contributed by atoms with E-state index in [1.165, 1.54) is 0 Å². The SMILES string of the molecule is O=C(O)C1CN(S(=O)(=O)N2Cc3ccccc3C2)CC(F)(F)C1. The van der Waals surface area contributed by atoms with Crippen LogP contribution in [0.3, 0.4) is 0 Å². The van der Waals surface area contributed by atoms with Crippen molar-refractivity contribution in [1.29, 1.82) is 0 Å². The summed E-state index contributed by atoms with van der Waals surface area (Å²) in [5.74, 6) is -6.16. The summed E-state index contributed by atoms with van der Waals surface area (Å²) in [5.41, 5.74) is 1.66. The molecule has 0 amide bonds. The molecule has 0 saturated carbocycles. The van der Waals surface area contributed by atoms with Crippen molar-refractivity contribution in [3.05, 3.63) is 35.4 Å². The van der Waals surface area contributed by atoms with Crippen molar-refractivity contribution in [3.63, 3.8) is 0 Å². The van der Waals surface area contributed by atoms with Crippen molar-refractivity contribution in [2.75, 3.05) is 13.1 Å². The number of aliphatic carboxylic acids is 1. The first-order chi connectivity index (χ1) is 10.7. The number of carbonyl (C=O) groups is 1. The molecule has 0 aliphatic carbocycles. The van der Waals surface area contributed by atoms with E-state index < -0.39 is 47.5 Å². The Morgan fingerprint density at radius 3 is 2.26 bits per heavy atom. The third-order valence-corrected chi connectivity index (χ3v) is 6.03. The van der Waals surface area contributed by atoms with Gasteiger partial charge in [0.25, 0.3) is 16.1 Å². The fourth-order valence-corrected chi connectivity index (χ4v) is 4.68. The highest BCUT2D eigenvalue weighted by Crippen LogP contribution is 2.34. The highest BCUT2D eigenvalue weighted by atomic mass is 32.2. The maximum Gasteiger partial charge on any atom is 0.308 e. The van der Waals surface area contributed by atoms with E-state index in [-0.39, 0.29) is 13.1 Å². The Balaban J connectivity index is 1.84. The second-order valence-corrected chi connectivity index (χ2v) is 7.86. The minimum Gasteiger partial charge on any atom is -0.481 e. The van der Waals surface area contributed by atoms with Crippen molar-refractivity contribution in [2.45, 2.75) is 25.4 Å². The van der Waals surface area contributed by atoms with Gasteiger partial charge in [0, 0.05) is 26.1 Å². The van der Waals surface area contributed by atoms with Gasteiger partial charge in [-0.1, -0.05) is 24.3 Å². The first-order valence-electron chi connectivity index (χ1n) is 7.12. The van der Waals surface area contributed by atoms with Gasteiger partial charge in [-0.25, -0.2) is 8.78 Å². The van der Waals surface area contributed by atoms with Crippen LogP contribution in [0.25, 0.3) is 0 Å². The molecule has 2 aliphatic heterocycles. The Hall–Kier alpha value is -1.58. The van der Waals surface area contributed by atoms with Gasteiger partial charge in [0.15, 0.2) is 0 Å². The number of piperidine rings is 1. The van der Waals surface area contributed by atoms with Crippen molar-refractivity contribution in [2.24, 2.45) is 5.92 Å². The molecule has 1 fully saturated rings. The number of benzene rings is 1.